The van der Waals surface area contributed by atoms with Crippen LogP contribution in [0.4, 0.5) is 9.93 Å². The molecule has 2 aromatic heterocycles. The van der Waals surface area contributed by atoms with Gasteiger partial charge in [0.05, 0.1) is 23.0 Å². The molecule has 0 saturated carbocycles. The monoisotopic (exact) mass is 372 g/mol. The molecule has 1 unspecified atom stereocenters. The third-order valence-corrected chi connectivity index (χ3v) is 5.24. The van der Waals surface area contributed by atoms with Crippen LogP contribution in [0.2, 0.25) is 0 Å². The Labute approximate surface area is 157 Å². The molecule has 0 saturated heterocycles. The number of aromatic nitrogens is 2. The summed E-state index contributed by atoms with van der Waals surface area (Å²) in [5.41, 5.74) is 1.95. The first-order chi connectivity index (χ1) is 12.7. The van der Waals surface area contributed by atoms with Crippen molar-refractivity contribution in [2.45, 2.75) is 32.7 Å². The molecule has 0 aromatic carbocycles. The summed E-state index contributed by atoms with van der Waals surface area (Å²) in [4.78, 5) is 28.3. The molecular weight excluding hydrogens is 348 g/mol. The third-order valence-electron chi connectivity index (χ3n) is 4.12. The fourth-order valence-corrected chi connectivity index (χ4v) is 3.84. The molecule has 1 aliphatic heterocycles. The number of urea groups is 1. The lowest BCUT2D eigenvalue weighted by Crippen LogP contribution is -2.32. The zero-order valence-corrected chi connectivity index (χ0v) is 15.9. The van der Waals surface area contributed by atoms with E-state index in [1.54, 1.807) is 12.4 Å². The molecule has 1 atom stereocenters. The number of carbonyl (C=O) groups is 1. The second-order valence-corrected chi connectivity index (χ2v) is 7.25. The molecule has 2 amide bonds. The van der Waals surface area contributed by atoms with Crippen LogP contribution in [0.3, 0.4) is 0 Å². The molecule has 0 fully saturated rings. The Bertz CT molecular complexity index is 760. The quantitative estimate of drug-likeness (QED) is 0.782. The lowest BCUT2D eigenvalue weighted by molar-refractivity contribution is 0.251. The van der Waals surface area contributed by atoms with Gasteiger partial charge >= 0.3 is 6.03 Å². The second kappa shape index (κ2) is 8.75. The molecule has 138 valence electrons. The number of amides is 2. The van der Waals surface area contributed by atoms with Gasteiger partial charge in [-0.1, -0.05) is 18.3 Å². The van der Waals surface area contributed by atoms with Gasteiger partial charge in [0.25, 0.3) is 0 Å². The first-order valence-electron chi connectivity index (χ1n) is 8.85. The SMILES string of the molecule is CCCN1C=NC(CCNC(=O)Nc2nc(C)c(-c3ccncc3)s2)C1. The predicted molar refractivity (Wildman–Crippen MR) is 106 cm³/mol. The molecule has 2 N–H and O–H groups in total. The molecule has 7 nitrogen and oxygen atoms in total. The van der Waals surface area contributed by atoms with Gasteiger partial charge in [0.2, 0.25) is 0 Å². The van der Waals surface area contributed by atoms with E-state index in [2.05, 4.69) is 37.4 Å². The minimum absolute atomic E-state index is 0.229. The lowest BCUT2D eigenvalue weighted by atomic mass is 10.2. The van der Waals surface area contributed by atoms with Crippen LogP contribution in [-0.2, 0) is 0 Å². The van der Waals surface area contributed by atoms with E-state index in [4.69, 9.17) is 0 Å². The number of hydrogen-bond acceptors (Lipinski definition) is 6. The first kappa shape index (κ1) is 18.3. The van der Waals surface area contributed by atoms with Gasteiger partial charge in [-0.05, 0) is 37.5 Å². The fourth-order valence-electron chi connectivity index (χ4n) is 2.87. The zero-order valence-electron chi connectivity index (χ0n) is 15.1. The number of aliphatic imine (C=N–C) groups is 1. The molecule has 0 spiro atoms. The highest BCUT2D eigenvalue weighted by Crippen LogP contribution is 2.32. The average molecular weight is 372 g/mol. The summed E-state index contributed by atoms with van der Waals surface area (Å²) in [5.74, 6) is 0. The van der Waals surface area contributed by atoms with Gasteiger partial charge in [-0.2, -0.15) is 0 Å². The number of anilines is 1. The van der Waals surface area contributed by atoms with Crippen molar-refractivity contribution in [3.63, 3.8) is 0 Å². The maximum absolute atomic E-state index is 12.1. The van der Waals surface area contributed by atoms with Crippen molar-refractivity contribution < 1.29 is 4.79 Å². The number of thiazole rings is 1. The minimum Gasteiger partial charge on any atom is -0.361 e. The summed E-state index contributed by atoms with van der Waals surface area (Å²) >= 11 is 1.46. The summed E-state index contributed by atoms with van der Waals surface area (Å²) in [6, 6.07) is 3.91. The van der Waals surface area contributed by atoms with E-state index in [1.807, 2.05) is 25.4 Å². The smallest absolute Gasteiger partial charge is 0.321 e. The fraction of sp³-hybridized carbons (Fsp3) is 0.444. The number of aryl methyl sites for hydroxylation is 1. The molecule has 8 heteroatoms. The van der Waals surface area contributed by atoms with Crippen molar-refractivity contribution in [1.29, 1.82) is 0 Å². The van der Waals surface area contributed by atoms with Crippen LogP contribution < -0.4 is 10.6 Å². The molecule has 0 bridgehead atoms. The number of rotatable bonds is 7. The molecule has 3 rings (SSSR count). The van der Waals surface area contributed by atoms with Crippen molar-refractivity contribution in [2.75, 3.05) is 25.0 Å². The Morgan fingerprint density at radius 1 is 1.38 bits per heavy atom. The summed E-state index contributed by atoms with van der Waals surface area (Å²) in [7, 11) is 0. The molecule has 1 aliphatic rings. The number of carbonyl (C=O) groups excluding carboxylic acids is 1. The lowest BCUT2D eigenvalue weighted by Gasteiger charge is -2.15. The first-order valence-corrected chi connectivity index (χ1v) is 9.67. The standard InChI is InChI=1S/C18H24N6OS/c1-3-10-24-11-15(21-12-24)6-9-20-17(25)23-18-22-13(2)16(26-18)14-4-7-19-8-5-14/h4-5,7-8,12,15H,3,6,9-11H2,1-2H3,(H2,20,22,23,25). The molecule has 26 heavy (non-hydrogen) atoms. The number of nitrogens with one attached hydrogen (secondary N) is 2. The van der Waals surface area contributed by atoms with Crippen molar-refractivity contribution >= 4 is 28.8 Å². The topological polar surface area (TPSA) is 82.5 Å². The summed E-state index contributed by atoms with van der Waals surface area (Å²) in [5, 5.41) is 6.30. The summed E-state index contributed by atoms with van der Waals surface area (Å²) in [6.07, 6.45) is 7.38. The maximum atomic E-state index is 12.1. The van der Waals surface area contributed by atoms with Crippen LogP contribution in [0, 0.1) is 6.92 Å². The van der Waals surface area contributed by atoms with E-state index >= 15 is 0 Å². The van der Waals surface area contributed by atoms with Gasteiger partial charge in [-0.15, -0.1) is 0 Å². The Morgan fingerprint density at radius 2 is 2.19 bits per heavy atom. The van der Waals surface area contributed by atoms with Gasteiger partial charge in [0.1, 0.15) is 0 Å². The Hall–Kier alpha value is -2.48. The van der Waals surface area contributed by atoms with E-state index in [0.717, 1.165) is 42.1 Å². The van der Waals surface area contributed by atoms with Gasteiger partial charge < -0.3 is 10.2 Å². The average Bonchev–Trinajstić information content (AvgIpc) is 3.22. The molecule has 0 radical (unpaired) electrons. The Morgan fingerprint density at radius 3 is 2.96 bits per heavy atom. The normalized spacial score (nSPS) is 16.1. The Balaban J connectivity index is 1.45. The number of hydrogen-bond donors (Lipinski definition) is 2. The molecule has 3 heterocycles. The minimum atomic E-state index is -0.229. The van der Waals surface area contributed by atoms with E-state index in [-0.39, 0.29) is 12.1 Å². The van der Waals surface area contributed by atoms with Crippen LogP contribution >= 0.6 is 11.3 Å². The second-order valence-electron chi connectivity index (χ2n) is 6.25. The van der Waals surface area contributed by atoms with Crippen molar-refractivity contribution in [2.24, 2.45) is 4.99 Å². The highest BCUT2D eigenvalue weighted by atomic mass is 32.1. The van der Waals surface area contributed by atoms with Gasteiger partial charge in [0, 0.05) is 32.0 Å². The van der Waals surface area contributed by atoms with Crippen molar-refractivity contribution in [1.82, 2.24) is 20.2 Å². The van der Waals surface area contributed by atoms with Crippen LogP contribution in [0.5, 0.6) is 0 Å². The van der Waals surface area contributed by atoms with Crippen LogP contribution in [0.25, 0.3) is 10.4 Å². The van der Waals surface area contributed by atoms with Gasteiger partial charge in [0.15, 0.2) is 5.13 Å². The molecule has 0 aliphatic carbocycles. The molecular formula is C18H24N6OS. The predicted octanol–water partition coefficient (Wildman–Crippen LogP) is 3.15. The summed E-state index contributed by atoms with van der Waals surface area (Å²) in [6.45, 7) is 6.67. The Kier molecular flexibility index (Phi) is 6.17. The largest absolute Gasteiger partial charge is 0.361 e. The van der Waals surface area contributed by atoms with Crippen LogP contribution in [-0.4, -0.2) is 52.9 Å². The van der Waals surface area contributed by atoms with Crippen molar-refractivity contribution in [3.05, 3.63) is 30.2 Å². The van der Waals surface area contributed by atoms with Gasteiger partial charge in [-0.3, -0.25) is 15.3 Å². The van der Waals surface area contributed by atoms with E-state index < -0.39 is 0 Å². The van der Waals surface area contributed by atoms with Crippen LogP contribution in [0.15, 0.2) is 29.5 Å². The molecule has 2 aromatic rings. The van der Waals surface area contributed by atoms with Crippen LogP contribution in [0.1, 0.15) is 25.5 Å². The maximum Gasteiger partial charge on any atom is 0.321 e. The summed E-state index contributed by atoms with van der Waals surface area (Å²) < 4.78 is 0. The van der Waals surface area contributed by atoms with E-state index in [0.29, 0.717) is 11.7 Å². The van der Waals surface area contributed by atoms with Crippen molar-refractivity contribution in [3.8, 4) is 10.4 Å². The number of nitrogens with zero attached hydrogens (tertiary/aromatic N) is 4. The number of pyridine rings is 1. The zero-order chi connectivity index (χ0) is 18.4. The van der Waals surface area contributed by atoms with Gasteiger partial charge in [-0.25, -0.2) is 9.78 Å². The van der Waals surface area contributed by atoms with E-state index in [9.17, 15) is 4.79 Å². The highest BCUT2D eigenvalue weighted by Gasteiger charge is 2.17. The van der Waals surface area contributed by atoms with E-state index in [1.165, 1.54) is 11.3 Å². The highest BCUT2D eigenvalue weighted by molar-refractivity contribution is 7.19. The third kappa shape index (κ3) is 4.78.